The Morgan fingerprint density at radius 1 is 1.47 bits per heavy atom. The highest BCUT2D eigenvalue weighted by molar-refractivity contribution is 14.1. The molecular weight excluding hydrogens is 345 g/mol. The van der Waals surface area contributed by atoms with Gasteiger partial charge >= 0.3 is 0 Å². The number of hydrogen-bond acceptors (Lipinski definition) is 3. The Kier molecular flexibility index (Phi) is 2.37. The van der Waals surface area contributed by atoms with Crippen LogP contribution in [0, 0.1) is 0 Å². The average Bonchev–Trinajstić information content (AvgIpc) is 2.57. The Morgan fingerprint density at radius 3 is 3.20 bits per heavy atom. The van der Waals surface area contributed by atoms with Crippen molar-refractivity contribution in [2.24, 2.45) is 5.16 Å². The van der Waals surface area contributed by atoms with Crippen molar-refractivity contribution in [3.63, 3.8) is 0 Å². The van der Waals surface area contributed by atoms with E-state index in [1.165, 1.54) is 20.5 Å². The van der Waals surface area contributed by atoms with Crippen LogP contribution in [0.25, 0.3) is 10.1 Å². The maximum Gasteiger partial charge on any atom is 0.158 e. The van der Waals surface area contributed by atoms with E-state index in [0.717, 1.165) is 8.74 Å². The normalized spacial score (nSPS) is 14.7. The molecule has 0 aliphatic carbocycles. The Morgan fingerprint density at radius 2 is 2.33 bits per heavy atom. The Labute approximate surface area is 109 Å². The molecule has 2 aromatic rings. The number of benzene rings is 1. The molecule has 1 aromatic carbocycles. The zero-order valence-corrected chi connectivity index (χ0v) is 11.2. The largest absolute Gasteiger partial charge is 0.390 e. The summed E-state index contributed by atoms with van der Waals surface area (Å²) in [6.07, 6.45) is 0. The van der Waals surface area contributed by atoms with E-state index in [-0.39, 0.29) is 0 Å². The zero-order valence-electron chi connectivity index (χ0n) is 7.46. The summed E-state index contributed by atoms with van der Waals surface area (Å²) in [5.41, 5.74) is 1.23. The molecule has 3 rings (SSSR count). The van der Waals surface area contributed by atoms with Gasteiger partial charge in [0.1, 0.15) is 6.61 Å². The van der Waals surface area contributed by atoms with Gasteiger partial charge in [-0.2, -0.15) is 0 Å². The van der Waals surface area contributed by atoms with E-state index < -0.39 is 0 Å². The highest BCUT2D eigenvalue weighted by Crippen LogP contribution is 2.36. The van der Waals surface area contributed by atoms with Crippen LogP contribution in [0.4, 0.5) is 0 Å². The predicted molar refractivity (Wildman–Crippen MR) is 72.2 cm³/mol. The van der Waals surface area contributed by atoms with Gasteiger partial charge in [-0.1, -0.05) is 22.8 Å². The van der Waals surface area contributed by atoms with E-state index >= 15 is 0 Å². The van der Waals surface area contributed by atoms with Crippen LogP contribution in [-0.2, 0) is 11.4 Å². The second-order valence-electron chi connectivity index (χ2n) is 3.21. The van der Waals surface area contributed by atoms with Crippen molar-refractivity contribution in [3.05, 3.63) is 33.7 Å². The van der Waals surface area contributed by atoms with Gasteiger partial charge in [0, 0.05) is 15.3 Å². The minimum Gasteiger partial charge on any atom is -0.390 e. The Bertz CT molecular complexity index is 578. The van der Waals surface area contributed by atoms with Gasteiger partial charge < -0.3 is 4.84 Å². The summed E-state index contributed by atoms with van der Waals surface area (Å²) in [7, 11) is 0. The molecular formula is C10H5ClINOS. The predicted octanol–water partition coefficient (Wildman–Crippen LogP) is 4.18. The molecule has 0 spiro atoms. The first kappa shape index (κ1) is 9.86. The van der Waals surface area contributed by atoms with Gasteiger partial charge in [-0.25, -0.2) is 0 Å². The van der Waals surface area contributed by atoms with Gasteiger partial charge in [-0.3, -0.25) is 0 Å². The molecule has 1 aliphatic rings. The monoisotopic (exact) mass is 349 g/mol. The number of oxime groups is 1. The summed E-state index contributed by atoms with van der Waals surface area (Å²) < 4.78 is 2.12. The third kappa shape index (κ3) is 1.55. The quantitative estimate of drug-likeness (QED) is 0.654. The van der Waals surface area contributed by atoms with Crippen molar-refractivity contribution in [2.45, 2.75) is 6.61 Å². The van der Waals surface area contributed by atoms with E-state index in [0.29, 0.717) is 6.61 Å². The van der Waals surface area contributed by atoms with Crippen molar-refractivity contribution in [2.75, 3.05) is 0 Å². The lowest BCUT2D eigenvalue weighted by Crippen LogP contribution is -2.01. The summed E-state index contributed by atoms with van der Waals surface area (Å²) in [5.74, 6) is 0. The first-order valence-corrected chi connectivity index (χ1v) is 6.60. The maximum absolute atomic E-state index is 5.96. The highest BCUT2D eigenvalue weighted by Gasteiger charge is 2.19. The number of rotatable bonds is 0. The van der Waals surface area contributed by atoms with Gasteiger partial charge in [0.2, 0.25) is 0 Å². The van der Waals surface area contributed by atoms with Crippen molar-refractivity contribution in [1.82, 2.24) is 0 Å². The topological polar surface area (TPSA) is 21.6 Å². The molecule has 0 atom stereocenters. The summed E-state index contributed by atoms with van der Waals surface area (Å²) in [5, 5.41) is 5.97. The number of fused-ring (bicyclic) bond motifs is 3. The molecule has 1 aliphatic heterocycles. The number of hydrogen-bond donors (Lipinski definition) is 0. The molecule has 0 bridgehead atoms. The molecule has 1 aromatic heterocycles. The molecule has 0 saturated heterocycles. The van der Waals surface area contributed by atoms with Crippen LogP contribution >= 0.6 is 45.5 Å². The molecule has 0 N–H and O–H groups in total. The summed E-state index contributed by atoms with van der Waals surface area (Å²) in [6.45, 7) is 0.559. The van der Waals surface area contributed by atoms with E-state index in [9.17, 15) is 0 Å². The molecule has 0 saturated carbocycles. The highest BCUT2D eigenvalue weighted by atomic mass is 127. The van der Waals surface area contributed by atoms with Crippen LogP contribution in [0.2, 0.25) is 5.02 Å². The molecule has 0 fully saturated rings. The second-order valence-corrected chi connectivity index (χ2v) is 5.72. The summed E-state index contributed by atoms with van der Waals surface area (Å²) >= 11 is 9.88. The number of halogens is 2. The molecule has 76 valence electrons. The second kappa shape index (κ2) is 3.61. The third-order valence-electron chi connectivity index (χ3n) is 2.30. The minimum atomic E-state index is 0.559. The molecule has 0 unspecified atom stereocenters. The van der Waals surface area contributed by atoms with E-state index in [1.807, 2.05) is 18.2 Å². The molecule has 15 heavy (non-hydrogen) atoms. The van der Waals surface area contributed by atoms with Crippen molar-refractivity contribution in [3.8, 4) is 0 Å². The molecule has 2 nitrogen and oxygen atoms in total. The molecule has 0 amide bonds. The SMILES string of the molecule is Clc1ccc2c3c(sc2c1)C(I)=NOC3. The van der Waals surface area contributed by atoms with Gasteiger partial charge in [-0.05, 0) is 40.1 Å². The van der Waals surface area contributed by atoms with E-state index in [1.54, 1.807) is 11.3 Å². The lowest BCUT2D eigenvalue weighted by atomic mass is 10.1. The minimum absolute atomic E-state index is 0.559. The summed E-state index contributed by atoms with van der Waals surface area (Å²) in [4.78, 5) is 6.37. The fourth-order valence-corrected chi connectivity index (χ4v) is 3.78. The van der Waals surface area contributed by atoms with Crippen molar-refractivity contribution < 1.29 is 4.84 Å². The van der Waals surface area contributed by atoms with Gasteiger partial charge in [0.25, 0.3) is 0 Å². The third-order valence-corrected chi connectivity index (χ3v) is 4.83. The van der Waals surface area contributed by atoms with Crippen LogP contribution in [0.5, 0.6) is 0 Å². The lowest BCUT2D eigenvalue weighted by Gasteiger charge is -2.07. The van der Waals surface area contributed by atoms with Crippen LogP contribution in [0.15, 0.2) is 23.4 Å². The van der Waals surface area contributed by atoms with Gasteiger partial charge in [0.15, 0.2) is 3.72 Å². The zero-order chi connectivity index (χ0) is 10.4. The Balaban J connectivity index is 2.36. The molecule has 0 radical (unpaired) electrons. The first-order chi connectivity index (χ1) is 7.25. The van der Waals surface area contributed by atoms with Crippen LogP contribution in [-0.4, -0.2) is 3.72 Å². The standard InChI is InChI=1S/C10H5ClINOS/c11-5-1-2-6-7-4-14-13-10(12)9(7)15-8(6)3-5/h1-3H,4H2. The number of nitrogens with zero attached hydrogens (tertiary/aromatic N) is 1. The fraction of sp³-hybridized carbons (Fsp3) is 0.100. The van der Waals surface area contributed by atoms with Crippen molar-refractivity contribution in [1.29, 1.82) is 0 Å². The first-order valence-electron chi connectivity index (χ1n) is 4.32. The van der Waals surface area contributed by atoms with Gasteiger partial charge in [-0.15, -0.1) is 11.3 Å². The smallest absolute Gasteiger partial charge is 0.158 e. The summed E-state index contributed by atoms with van der Waals surface area (Å²) in [6, 6.07) is 5.95. The van der Waals surface area contributed by atoms with Crippen LogP contribution in [0.3, 0.4) is 0 Å². The molecule has 5 heteroatoms. The number of thiophene rings is 1. The average molecular weight is 350 g/mol. The van der Waals surface area contributed by atoms with Crippen LogP contribution in [0.1, 0.15) is 10.4 Å². The maximum atomic E-state index is 5.96. The van der Waals surface area contributed by atoms with Crippen molar-refractivity contribution >= 4 is 59.3 Å². The van der Waals surface area contributed by atoms with Crippen LogP contribution < -0.4 is 0 Å². The Hall–Kier alpha value is -0.330. The lowest BCUT2D eigenvalue weighted by molar-refractivity contribution is 0.129. The molecule has 2 heterocycles. The van der Waals surface area contributed by atoms with E-state index in [4.69, 9.17) is 16.4 Å². The van der Waals surface area contributed by atoms with Gasteiger partial charge in [0.05, 0.1) is 4.88 Å². The van der Waals surface area contributed by atoms with E-state index in [2.05, 4.69) is 27.7 Å². The fourth-order valence-electron chi connectivity index (χ4n) is 1.63.